The van der Waals surface area contributed by atoms with Gasteiger partial charge in [0.05, 0.1) is 6.10 Å². The number of rotatable bonds is 5. The molecule has 0 aromatic rings. The molecule has 4 atom stereocenters. The van der Waals surface area contributed by atoms with Crippen LogP contribution in [0, 0.1) is 5.92 Å². The Morgan fingerprint density at radius 2 is 1.78 bits per heavy atom. The molecule has 5 heteroatoms. The molecule has 2 rings (SSSR count). The average molecular weight is 324 g/mol. The second-order valence-electron chi connectivity index (χ2n) is 7.29. The quantitative estimate of drug-likeness (QED) is 0.845. The van der Waals surface area contributed by atoms with Crippen molar-refractivity contribution < 1.29 is 14.3 Å². The van der Waals surface area contributed by atoms with Gasteiger partial charge in [0.2, 0.25) is 11.8 Å². The molecule has 1 N–H and O–H groups in total. The number of carbonyl (C=O) groups is 2. The number of amides is 2. The van der Waals surface area contributed by atoms with E-state index in [-0.39, 0.29) is 17.9 Å². The fourth-order valence-electron chi connectivity index (χ4n) is 3.63. The Morgan fingerprint density at radius 3 is 2.43 bits per heavy atom. The van der Waals surface area contributed by atoms with Crippen LogP contribution in [0.2, 0.25) is 0 Å². The molecule has 1 saturated heterocycles. The molecule has 2 fully saturated rings. The fourth-order valence-corrected chi connectivity index (χ4v) is 3.63. The highest BCUT2D eigenvalue weighted by Crippen LogP contribution is 2.26. The van der Waals surface area contributed by atoms with Crippen molar-refractivity contribution in [2.75, 3.05) is 13.1 Å². The molecule has 0 unspecified atom stereocenters. The van der Waals surface area contributed by atoms with Crippen molar-refractivity contribution in [2.24, 2.45) is 5.92 Å². The molecule has 1 saturated carbocycles. The third-order valence-corrected chi connectivity index (χ3v) is 5.05. The van der Waals surface area contributed by atoms with Gasteiger partial charge < -0.3 is 15.0 Å². The van der Waals surface area contributed by atoms with Crippen LogP contribution in [0.3, 0.4) is 0 Å². The van der Waals surface area contributed by atoms with Gasteiger partial charge in [0.25, 0.3) is 0 Å². The molecule has 132 valence electrons. The molecule has 1 aliphatic carbocycles. The molecule has 23 heavy (non-hydrogen) atoms. The van der Waals surface area contributed by atoms with E-state index in [1.807, 2.05) is 4.90 Å². The number of nitrogens with zero attached hydrogens (tertiary/aromatic N) is 1. The van der Waals surface area contributed by atoms with Crippen LogP contribution in [-0.2, 0) is 14.3 Å². The van der Waals surface area contributed by atoms with Crippen molar-refractivity contribution in [2.45, 2.75) is 84.0 Å². The Morgan fingerprint density at radius 1 is 1.09 bits per heavy atom. The Kier molecular flexibility index (Phi) is 6.88. The number of likely N-dealkylation sites (tertiary alicyclic amines) is 1. The highest BCUT2D eigenvalue weighted by atomic mass is 16.5. The number of hydrogen-bond donors (Lipinski definition) is 1. The molecule has 2 aliphatic rings. The zero-order valence-electron chi connectivity index (χ0n) is 14.8. The molecule has 0 aromatic heterocycles. The van der Waals surface area contributed by atoms with E-state index < -0.39 is 12.1 Å². The van der Waals surface area contributed by atoms with Gasteiger partial charge in [-0.05, 0) is 51.9 Å². The van der Waals surface area contributed by atoms with Crippen LogP contribution in [0.5, 0.6) is 0 Å². The zero-order chi connectivity index (χ0) is 16.8. The second kappa shape index (κ2) is 8.67. The van der Waals surface area contributed by atoms with Crippen molar-refractivity contribution in [3.63, 3.8) is 0 Å². The maximum absolute atomic E-state index is 12.4. The van der Waals surface area contributed by atoms with Crippen LogP contribution in [0.1, 0.15) is 65.7 Å². The maximum Gasteiger partial charge on any atom is 0.249 e. The summed E-state index contributed by atoms with van der Waals surface area (Å²) in [4.78, 5) is 26.5. The highest BCUT2D eigenvalue weighted by Gasteiger charge is 2.27. The van der Waals surface area contributed by atoms with Crippen molar-refractivity contribution in [3.05, 3.63) is 0 Å². The molecule has 2 amide bonds. The summed E-state index contributed by atoms with van der Waals surface area (Å²) in [6.45, 7) is 7.41. The van der Waals surface area contributed by atoms with Crippen molar-refractivity contribution in [1.29, 1.82) is 0 Å². The van der Waals surface area contributed by atoms with E-state index in [9.17, 15) is 9.59 Å². The number of piperidine rings is 1. The first kappa shape index (κ1) is 18.2. The average Bonchev–Trinajstić information content (AvgIpc) is 2.54. The topological polar surface area (TPSA) is 58.6 Å². The summed E-state index contributed by atoms with van der Waals surface area (Å²) in [5.41, 5.74) is 0. The lowest BCUT2D eigenvalue weighted by Crippen LogP contribution is -2.51. The van der Waals surface area contributed by atoms with Crippen molar-refractivity contribution >= 4 is 11.8 Å². The van der Waals surface area contributed by atoms with Crippen molar-refractivity contribution in [1.82, 2.24) is 10.2 Å². The molecule has 0 radical (unpaired) electrons. The number of ether oxygens (including phenoxy) is 1. The van der Waals surface area contributed by atoms with Crippen LogP contribution < -0.4 is 5.32 Å². The van der Waals surface area contributed by atoms with E-state index in [1.54, 1.807) is 13.8 Å². The Hall–Kier alpha value is -1.10. The van der Waals surface area contributed by atoms with E-state index in [2.05, 4.69) is 12.2 Å². The lowest BCUT2D eigenvalue weighted by molar-refractivity contribution is -0.142. The Labute approximate surface area is 140 Å². The zero-order valence-corrected chi connectivity index (χ0v) is 14.8. The summed E-state index contributed by atoms with van der Waals surface area (Å²) < 4.78 is 5.91. The largest absolute Gasteiger partial charge is 0.365 e. The first-order valence-electron chi connectivity index (χ1n) is 9.22. The van der Waals surface area contributed by atoms with E-state index in [0.29, 0.717) is 5.92 Å². The number of carbonyl (C=O) groups excluding carboxylic acids is 2. The lowest BCUT2D eigenvalue weighted by Gasteiger charge is -2.31. The molecular weight excluding hydrogens is 292 g/mol. The standard InChI is InChI=1S/C18H32N2O3/c1-13-8-7-9-16(12-13)23-15(3)17(21)19-14(2)18(22)20-10-5-4-6-11-20/h13-16H,4-12H2,1-3H3,(H,19,21)/t13-,14+,15+,16+/m1/s1. The summed E-state index contributed by atoms with van der Waals surface area (Å²) in [6, 6.07) is -0.475. The van der Waals surface area contributed by atoms with Gasteiger partial charge in [-0.2, -0.15) is 0 Å². The summed E-state index contributed by atoms with van der Waals surface area (Å²) >= 11 is 0. The predicted octanol–water partition coefficient (Wildman–Crippen LogP) is 2.49. The smallest absolute Gasteiger partial charge is 0.249 e. The maximum atomic E-state index is 12.4. The monoisotopic (exact) mass is 324 g/mol. The molecule has 0 spiro atoms. The van der Waals surface area contributed by atoms with Gasteiger partial charge in [-0.25, -0.2) is 0 Å². The van der Waals surface area contributed by atoms with E-state index >= 15 is 0 Å². The summed E-state index contributed by atoms with van der Waals surface area (Å²) in [5.74, 6) is 0.515. The van der Waals surface area contributed by atoms with Gasteiger partial charge in [0, 0.05) is 13.1 Å². The summed E-state index contributed by atoms with van der Waals surface area (Å²) in [7, 11) is 0. The van der Waals surface area contributed by atoms with Gasteiger partial charge in [0.1, 0.15) is 12.1 Å². The van der Waals surface area contributed by atoms with Crippen LogP contribution in [-0.4, -0.2) is 48.1 Å². The molecular formula is C18H32N2O3. The Bertz CT molecular complexity index is 407. The summed E-state index contributed by atoms with van der Waals surface area (Å²) in [6.07, 6.45) is 7.47. The minimum atomic E-state index is -0.498. The molecule has 5 nitrogen and oxygen atoms in total. The third-order valence-electron chi connectivity index (χ3n) is 5.05. The SMILES string of the molecule is C[C@@H]1CCC[C@H](O[C@@H](C)C(=O)N[C@@H](C)C(=O)N2CCCCC2)C1. The normalized spacial score (nSPS) is 28.0. The Balaban J connectivity index is 1.76. The van der Waals surface area contributed by atoms with Gasteiger partial charge in [-0.3, -0.25) is 9.59 Å². The first-order chi connectivity index (χ1) is 11.0. The minimum Gasteiger partial charge on any atom is -0.365 e. The first-order valence-corrected chi connectivity index (χ1v) is 9.22. The van der Waals surface area contributed by atoms with Crippen LogP contribution in [0.15, 0.2) is 0 Å². The molecule has 0 bridgehead atoms. The van der Waals surface area contributed by atoms with Crippen LogP contribution in [0.4, 0.5) is 0 Å². The highest BCUT2D eigenvalue weighted by molar-refractivity contribution is 5.89. The molecule has 1 heterocycles. The molecule has 0 aromatic carbocycles. The number of nitrogens with one attached hydrogen (secondary N) is 1. The van der Waals surface area contributed by atoms with Crippen LogP contribution >= 0.6 is 0 Å². The van der Waals surface area contributed by atoms with Gasteiger partial charge in [-0.15, -0.1) is 0 Å². The van der Waals surface area contributed by atoms with E-state index in [1.165, 1.54) is 19.3 Å². The molecule has 1 aliphatic heterocycles. The number of hydrogen-bond acceptors (Lipinski definition) is 3. The summed E-state index contributed by atoms with van der Waals surface area (Å²) in [5, 5.41) is 2.82. The van der Waals surface area contributed by atoms with E-state index in [0.717, 1.165) is 38.8 Å². The lowest BCUT2D eigenvalue weighted by atomic mass is 9.88. The second-order valence-corrected chi connectivity index (χ2v) is 7.29. The van der Waals surface area contributed by atoms with Gasteiger partial charge in [0.15, 0.2) is 0 Å². The van der Waals surface area contributed by atoms with Crippen LogP contribution in [0.25, 0.3) is 0 Å². The fraction of sp³-hybridized carbons (Fsp3) is 0.889. The predicted molar refractivity (Wildman–Crippen MR) is 90.0 cm³/mol. The van der Waals surface area contributed by atoms with E-state index in [4.69, 9.17) is 4.74 Å². The third kappa shape index (κ3) is 5.48. The minimum absolute atomic E-state index is 0.0246. The van der Waals surface area contributed by atoms with Gasteiger partial charge in [-0.1, -0.05) is 19.8 Å². The van der Waals surface area contributed by atoms with Crippen molar-refractivity contribution in [3.8, 4) is 0 Å². The van der Waals surface area contributed by atoms with Gasteiger partial charge >= 0.3 is 0 Å².